The number of hydrogen-bond donors (Lipinski definition) is 0. The van der Waals surface area contributed by atoms with Crippen LogP contribution in [-0.4, -0.2) is 22.5 Å². The van der Waals surface area contributed by atoms with Gasteiger partial charge in [-0.25, -0.2) is 9.78 Å². The number of pyridine rings is 1. The molecule has 1 saturated carbocycles. The summed E-state index contributed by atoms with van der Waals surface area (Å²) in [4.78, 5) is 27.4. The molecule has 2 aromatic heterocycles. The number of hydroxylamine groups is 1. The largest absolute Gasteiger partial charge is 0.339 e. The maximum atomic E-state index is 12.1. The maximum Gasteiger partial charge on any atom is 0.335 e. The highest BCUT2D eigenvalue weighted by atomic mass is 32.1. The van der Waals surface area contributed by atoms with Gasteiger partial charge in [0.15, 0.2) is 5.82 Å². The number of carbonyl (C=O) groups excluding carboxylic acids is 1. The molecular formula is C19H19N3O2S. The summed E-state index contributed by atoms with van der Waals surface area (Å²) in [6.45, 7) is 2.51. The monoisotopic (exact) mass is 353 g/mol. The molecule has 6 heteroatoms. The summed E-state index contributed by atoms with van der Waals surface area (Å²) in [7, 11) is 0. The zero-order chi connectivity index (χ0) is 17.2. The van der Waals surface area contributed by atoms with Crippen molar-refractivity contribution in [2.45, 2.75) is 26.2 Å². The Morgan fingerprint density at radius 1 is 1.28 bits per heavy atom. The van der Waals surface area contributed by atoms with E-state index >= 15 is 0 Å². The summed E-state index contributed by atoms with van der Waals surface area (Å²) in [5, 5.41) is 3.70. The first-order valence-electron chi connectivity index (χ1n) is 8.52. The summed E-state index contributed by atoms with van der Waals surface area (Å²) in [6, 6.07) is 8.22. The van der Waals surface area contributed by atoms with Crippen LogP contribution in [0.5, 0.6) is 0 Å². The minimum absolute atomic E-state index is 0.0486. The van der Waals surface area contributed by atoms with Crippen LogP contribution < -0.4 is 5.06 Å². The Morgan fingerprint density at radius 3 is 2.84 bits per heavy atom. The van der Waals surface area contributed by atoms with Crippen molar-refractivity contribution in [3.63, 3.8) is 0 Å². The van der Waals surface area contributed by atoms with Crippen molar-refractivity contribution in [1.29, 1.82) is 0 Å². The molecule has 1 fully saturated rings. The normalized spacial score (nSPS) is 14.3. The van der Waals surface area contributed by atoms with Gasteiger partial charge in [0, 0.05) is 17.8 Å². The third-order valence-electron chi connectivity index (χ3n) is 4.61. The SMILES string of the molecule is CCN(OC(=O)C1CCC1)c1cc2cc(-c3cncs3)ccc2cn1. The number of hydrogen-bond acceptors (Lipinski definition) is 6. The van der Waals surface area contributed by atoms with E-state index in [1.54, 1.807) is 16.4 Å². The average Bonchev–Trinajstić information content (AvgIpc) is 3.11. The number of nitrogens with zero attached hydrogens (tertiary/aromatic N) is 3. The predicted molar refractivity (Wildman–Crippen MR) is 99.3 cm³/mol. The van der Waals surface area contributed by atoms with E-state index in [9.17, 15) is 4.79 Å². The van der Waals surface area contributed by atoms with Gasteiger partial charge in [-0.1, -0.05) is 18.6 Å². The first-order chi connectivity index (χ1) is 12.2. The van der Waals surface area contributed by atoms with Crippen molar-refractivity contribution in [3.05, 3.63) is 42.2 Å². The molecule has 2 heterocycles. The quantitative estimate of drug-likeness (QED) is 0.635. The van der Waals surface area contributed by atoms with Gasteiger partial charge in [0.05, 0.1) is 22.9 Å². The molecule has 128 valence electrons. The lowest BCUT2D eigenvalue weighted by Gasteiger charge is -2.27. The van der Waals surface area contributed by atoms with Crippen molar-refractivity contribution in [3.8, 4) is 10.4 Å². The topological polar surface area (TPSA) is 55.3 Å². The molecule has 0 spiro atoms. The highest BCUT2D eigenvalue weighted by Crippen LogP contribution is 2.30. The second-order valence-corrected chi connectivity index (χ2v) is 7.09. The van der Waals surface area contributed by atoms with Crippen LogP contribution in [-0.2, 0) is 9.63 Å². The maximum absolute atomic E-state index is 12.1. The number of benzene rings is 1. The minimum atomic E-state index is -0.145. The number of thiazole rings is 1. The lowest BCUT2D eigenvalue weighted by molar-refractivity contribution is -0.153. The summed E-state index contributed by atoms with van der Waals surface area (Å²) >= 11 is 1.61. The van der Waals surface area contributed by atoms with Gasteiger partial charge in [0.1, 0.15) is 0 Å². The molecule has 3 aromatic rings. The molecule has 0 radical (unpaired) electrons. The zero-order valence-electron chi connectivity index (χ0n) is 14.0. The van der Waals surface area contributed by atoms with E-state index in [0.29, 0.717) is 12.4 Å². The van der Waals surface area contributed by atoms with E-state index in [1.165, 1.54) is 0 Å². The molecule has 1 aliphatic rings. The van der Waals surface area contributed by atoms with Crippen molar-refractivity contribution >= 4 is 33.9 Å². The molecule has 5 nitrogen and oxygen atoms in total. The molecule has 0 aliphatic heterocycles. The molecule has 0 atom stereocenters. The Balaban J connectivity index is 1.62. The Labute approximate surface area is 150 Å². The van der Waals surface area contributed by atoms with Crippen LogP contribution in [0.25, 0.3) is 21.2 Å². The van der Waals surface area contributed by atoms with Crippen molar-refractivity contribution < 1.29 is 9.63 Å². The van der Waals surface area contributed by atoms with Gasteiger partial charge < -0.3 is 4.84 Å². The van der Waals surface area contributed by atoms with Crippen molar-refractivity contribution in [2.24, 2.45) is 5.92 Å². The van der Waals surface area contributed by atoms with E-state index in [-0.39, 0.29) is 11.9 Å². The molecule has 1 aromatic carbocycles. The van der Waals surface area contributed by atoms with Gasteiger partial charge in [0.25, 0.3) is 0 Å². The third-order valence-corrected chi connectivity index (χ3v) is 5.43. The molecule has 0 saturated heterocycles. The van der Waals surface area contributed by atoms with E-state index in [2.05, 4.69) is 28.2 Å². The van der Waals surface area contributed by atoms with Crippen molar-refractivity contribution in [2.75, 3.05) is 11.6 Å². The summed E-state index contributed by atoms with van der Waals surface area (Å²) in [5.74, 6) is 0.560. The van der Waals surface area contributed by atoms with Crippen LogP contribution in [0.1, 0.15) is 26.2 Å². The molecule has 0 unspecified atom stereocenters. The highest BCUT2D eigenvalue weighted by molar-refractivity contribution is 7.13. The Hall–Kier alpha value is -2.47. The molecular weight excluding hydrogens is 334 g/mol. The Kier molecular flexibility index (Phi) is 4.36. The number of rotatable bonds is 5. The number of anilines is 1. The van der Waals surface area contributed by atoms with Crippen LogP contribution in [0.2, 0.25) is 0 Å². The van der Waals surface area contributed by atoms with E-state index in [0.717, 1.165) is 40.5 Å². The fourth-order valence-electron chi connectivity index (χ4n) is 2.88. The van der Waals surface area contributed by atoms with Gasteiger partial charge in [-0.05, 0) is 42.8 Å². The van der Waals surface area contributed by atoms with E-state index in [1.807, 2.05) is 30.9 Å². The fourth-order valence-corrected chi connectivity index (χ4v) is 3.50. The van der Waals surface area contributed by atoms with E-state index < -0.39 is 0 Å². The minimum Gasteiger partial charge on any atom is -0.339 e. The summed E-state index contributed by atoms with van der Waals surface area (Å²) in [5.41, 5.74) is 2.96. The van der Waals surface area contributed by atoms with Crippen LogP contribution in [0.3, 0.4) is 0 Å². The lowest BCUT2D eigenvalue weighted by Crippen LogP contribution is -2.33. The number of carbonyl (C=O) groups is 1. The van der Waals surface area contributed by atoms with Crippen LogP contribution >= 0.6 is 11.3 Å². The lowest BCUT2D eigenvalue weighted by atomic mass is 9.86. The Bertz CT molecular complexity index is 891. The average molecular weight is 353 g/mol. The van der Waals surface area contributed by atoms with Gasteiger partial charge in [-0.2, -0.15) is 5.06 Å². The summed E-state index contributed by atoms with van der Waals surface area (Å²) in [6.07, 6.45) is 6.66. The molecule has 0 bridgehead atoms. The first-order valence-corrected chi connectivity index (χ1v) is 9.40. The predicted octanol–water partition coefficient (Wildman–Crippen LogP) is 4.44. The van der Waals surface area contributed by atoms with Gasteiger partial charge in [-0.3, -0.25) is 4.98 Å². The van der Waals surface area contributed by atoms with Crippen molar-refractivity contribution in [1.82, 2.24) is 9.97 Å². The summed E-state index contributed by atoms with van der Waals surface area (Å²) < 4.78 is 0. The van der Waals surface area contributed by atoms with E-state index in [4.69, 9.17) is 4.84 Å². The zero-order valence-corrected chi connectivity index (χ0v) is 14.8. The van der Waals surface area contributed by atoms with Gasteiger partial charge in [-0.15, -0.1) is 11.3 Å². The molecule has 0 amide bonds. The molecule has 0 N–H and O–H groups in total. The highest BCUT2D eigenvalue weighted by Gasteiger charge is 2.28. The number of aromatic nitrogens is 2. The third kappa shape index (κ3) is 3.22. The second kappa shape index (κ2) is 6.80. The Morgan fingerprint density at radius 2 is 2.16 bits per heavy atom. The fraction of sp³-hybridized carbons (Fsp3) is 0.316. The molecule has 1 aliphatic carbocycles. The molecule has 25 heavy (non-hydrogen) atoms. The van der Waals surface area contributed by atoms with Crippen LogP contribution in [0.4, 0.5) is 5.82 Å². The van der Waals surface area contributed by atoms with Crippen LogP contribution in [0, 0.1) is 5.92 Å². The smallest absolute Gasteiger partial charge is 0.335 e. The van der Waals surface area contributed by atoms with Crippen LogP contribution in [0.15, 0.2) is 42.2 Å². The first kappa shape index (κ1) is 16.0. The standard InChI is InChI=1S/C19H19N3O2S/c1-2-22(24-19(23)13-4-3-5-13)18-9-16-8-14(17-11-20-12-25-17)6-7-15(16)10-21-18/h6-13H,2-5H2,1H3. The second-order valence-electron chi connectivity index (χ2n) is 6.20. The van der Waals surface area contributed by atoms with Gasteiger partial charge in [0.2, 0.25) is 0 Å². The number of fused-ring (bicyclic) bond motifs is 1. The molecule has 4 rings (SSSR count). The van der Waals surface area contributed by atoms with Gasteiger partial charge >= 0.3 is 5.97 Å².